The lowest BCUT2D eigenvalue weighted by Gasteiger charge is -2.08. The van der Waals surface area contributed by atoms with Crippen LogP contribution in [-0.4, -0.2) is 32.8 Å². The number of methoxy groups -OCH3 is 1. The number of aryl methyl sites for hydroxylation is 2. The van der Waals surface area contributed by atoms with E-state index < -0.39 is 0 Å². The second-order valence-corrected chi connectivity index (χ2v) is 7.35. The Morgan fingerprint density at radius 3 is 2.16 bits per heavy atom. The number of nitrogens with one attached hydrogen (secondary N) is 2. The Kier molecular flexibility index (Phi) is 5.85. The van der Waals surface area contributed by atoms with E-state index in [0.717, 1.165) is 39.6 Å². The number of anilines is 3. The third kappa shape index (κ3) is 4.44. The first-order chi connectivity index (χ1) is 15.4. The predicted octanol–water partition coefficient (Wildman–Crippen LogP) is 4.50. The van der Waals surface area contributed by atoms with Crippen molar-refractivity contribution >= 4 is 23.2 Å². The van der Waals surface area contributed by atoms with Crippen LogP contribution >= 0.6 is 0 Å². The first-order valence-corrected chi connectivity index (χ1v) is 10.1. The van der Waals surface area contributed by atoms with E-state index in [4.69, 9.17) is 4.74 Å². The summed E-state index contributed by atoms with van der Waals surface area (Å²) in [7, 11) is 3.49. The first-order valence-electron chi connectivity index (χ1n) is 10.1. The van der Waals surface area contributed by atoms with E-state index in [2.05, 4.69) is 25.7 Å². The lowest BCUT2D eigenvalue weighted by atomic mass is 10.1. The van der Waals surface area contributed by atoms with Crippen LogP contribution in [0.3, 0.4) is 0 Å². The molecule has 2 heterocycles. The van der Waals surface area contributed by atoms with E-state index in [1.807, 2.05) is 57.3 Å². The molecule has 4 aromatic rings. The van der Waals surface area contributed by atoms with E-state index >= 15 is 0 Å². The fourth-order valence-electron chi connectivity index (χ4n) is 3.30. The smallest absolute Gasteiger partial charge is 0.255 e. The Hall–Kier alpha value is -4.20. The topological polar surface area (TPSA) is 94.0 Å². The standard InChI is InChI=1S/C24H24N6O2/c1-15-22(16(2)30(3)29-15)28-23(31)18-5-9-20(10-6-18)27-24-25-13-19(14-26-24)17-7-11-21(32-4)12-8-17/h5-14H,1-4H3,(H,28,31)(H,25,26,27). The third-order valence-corrected chi connectivity index (χ3v) is 5.23. The maximum Gasteiger partial charge on any atom is 0.255 e. The fraction of sp³-hybridized carbons (Fsp3) is 0.167. The van der Waals surface area contributed by atoms with Gasteiger partial charge in [0.15, 0.2) is 0 Å². The number of carbonyl (C=O) groups excluding carboxylic acids is 1. The maximum absolute atomic E-state index is 12.6. The van der Waals surface area contributed by atoms with Crippen LogP contribution in [0.25, 0.3) is 11.1 Å². The average Bonchev–Trinajstić information content (AvgIpc) is 3.06. The highest BCUT2D eigenvalue weighted by Gasteiger charge is 2.14. The summed E-state index contributed by atoms with van der Waals surface area (Å²) in [4.78, 5) is 21.4. The second-order valence-electron chi connectivity index (χ2n) is 7.35. The van der Waals surface area contributed by atoms with Crippen molar-refractivity contribution in [3.05, 3.63) is 77.9 Å². The number of aromatic nitrogens is 4. The van der Waals surface area contributed by atoms with Gasteiger partial charge in [-0.15, -0.1) is 0 Å². The molecular weight excluding hydrogens is 404 g/mol. The zero-order chi connectivity index (χ0) is 22.7. The molecule has 4 rings (SSSR count). The van der Waals surface area contributed by atoms with Crippen molar-refractivity contribution in [3.8, 4) is 16.9 Å². The minimum absolute atomic E-state index is 0.184. The molecule has 162 valence electrons. The highest BCUT2D eigenvalue weighted by atomic mass is 16.5. The molecule has 8 nitrogen and oxygen atoms in total. The Labute approximate surface area is 186 Å². The van der Waals surface area contributed by atoms with Gasteiger partial charge >= 0.3 is 0 Å². The lowest BCUT2D eigenvalue weighted by molar-refractivity contribution is 0.102. The first kappa shape index (κ1) is 21.0. The summed E-state index contributed by atoms with van der Waals surface area (Å²) in [6.07, 6.45) is 3.52. The summed E-state index contributed by atoms with van der Waals surface area (Å²) < 4.78 is 6.93. The number of amides is 1. The van der Waals surface area contributed by atoms with Crippen LogP contribution in [0.5, 0.6) is 5.75 Å². The SMILES string of the molecule is COc1ccc(-c2cnc(Nc3ccc(C(=O)Nc4c(C)nn(C)c4C)cc3)nc2)cc1. The normalized spacial score (nSPS) is 10.6. The van der Waals surface area contributed by atoms with Gasteiger partial charge in [0.05, 0.1) is 24.2 Å². The minimum Gasteiger partial charge on any atom is -0.497 e. The van der Waals surface area contributed by atoms with Crippen LogP contribution in [0.1, 0.15) is 21.7 Å². The van der Waals surface area contributed by atoms with Gasteiger partial charge in [-0.2, -0.15) is 5.10 Å². The molecule has 0 radical (unpaired) electrons. The summed E-state index contributed by atoms with van der Waals surface area (Å²) in [6.45, 7) is 3.79. The maximum atomic E-state index is 12.6. The Morgan fingerprint density at radius 2 is 1.59 bits per heavy atom. The molecule has 0 aliphatic rings. The van der Waals surface area contributed by atoms with Gasteiger partial charge in [0.2, 0.25) is 5.95 Å². The molecule has 0 atom stereocenters. The van der Waals surface area contributed by atoms with E-state index in [1.165, 1.54) is 0 Å². The summed E-state index contributed by atoms with van der Waals surface area (Å²) in [5, 5.41) is 10.4. The van der Waals surface area contributed by atoms with E-state index in [-0.39, 0.29) is 5.91 Å². The molecule has 2 N–H and O–H groups in total. The molecular formula is C24H24N6O2. The van der Waals surface area contributed by atoms with Crippen molar-refractivity contribution < 1.29 is 9.53 Å². The molecule has 0 aliphatic heterocycles. The number of benzene rings is 2. The molecule has 0 bridgehead atoms. The second kappa shape index (κ2) is 8.89. The molecule has 1 amide bonds. The number of hydrogen-bond donors (Lipinski definition) is 2. The van der Waals surface area contributed by atoms with Gasteiger partial charge in [-0.3, -0.25) is 9.48 Å². The quantitative estimate of drug-likeness (QED) is 0.470. The largest absolute Gasteiger partial charge is 0.497 e. The summed E-state index contributed by atoms with van der Waals surface area (Å²) in [6, 6.07) is 14.9. The van der Waals surface area contributed by atoms with Gasteiger partial charge in [-0.1, -0.05) is 12.1 Å². The van der Waals surface area contributed by atoms with E-state index in [9.17, 15) is 4.79 Å². The molecule has 0 spiro atoms. The number of ether oxygens (including phenoxy) is 1. The summed E-state index contributed by atoms with van der Waals surface area (Å²) >= 11 is 0. The van der Waals surface area contributed by atoms with Crippen molar-refractivity contribution in [2.24, 2.45) is 7.05 Å². The number of rotatable bonds is 6. The molecule has 2 aromatic carbocycles. The van der Waals surface area contributed by atoms with Crippen molar-refractivity contribution in [2.45, 2.75) is 13.8 Å². The van der Waals surface area contributed by atoms with Crippen LogP contribution < -0.4 is 15.4 Å². The van der Waals surface area contributed by atoms with Crippen LogP contribution in [-0.2, 0) is 7.05 Å². The van der Waals surface area contributed by atoms with Gasteiger partial charge in [0, 0.05) is 36.3 Å². The molecule has 0 saturated carbocycles. The van der Waals surface area contributed by atoms with Gasteiger partial charge in [0.1, 0.15) is 5.75 Å². The highest BCUT2D eigenvalue weighted by Crippen LogP contribution is 2.23. The zero-order valence-corrected chi connectivity index (χ0v) is 18.4. The Balaban J connectivity index is 1.41. The fourth-order valence-corrected chi connectivity index (χ4v) is 3.30. The summed E-state index contributed by atoms with van der Waals surface area (Å²) in [5.41, 5.74) is 5.68. The average molecular weight is 428 g/mol. The van der Waals surface area contributed by atoms with Crippen LogP contribution in [0.2, 0.25) is 0 Å². The van der Waals surface area contributed by atoms with Crippen molar-refractivity contribution in [2.75, 3.05) is 17.7 Å². The molecule has 8 heteroatoms. The third-order valence-electron chi connectivity index (χ3n) is 5.23. The minimum atomic E-state index is -0.184. The van der Waals surface area contributed by atoms with Crippen molar-refractivity contribution in [3.63, 3.8) is 0 Å². The number of hydrogen-bond acceptors (Lipinski definition) is 6. The molecule has 0 unspecified atom stereocenters. The van der Waals surface area contributed by atoms with E-state index in [0.29, 0.717) is 11.5 Å². The summed E-state index contributed by atoms with van der Waals surface area (Å²) in [5.74, 6) is 1.09. The monoisotopic (exact) mass is 428 g/mol. The Morgan fingerprint density at radius 1 is 0.938 bits per heavy atom. The molecule has 32 heavy (non-hydrogen) atoms. The van der Waals surface area contributed by atoms with Gasteiger partial charge < -0.3 is 15.4 Å². The predicted molar refractivity (Wildman–Crippen MR) is 124 cm³/mol. The lowest BCUT2D eigenvalue weighted by Crippen LogP contribution is -2.13. The molecule has 0 aliphatic carbocycles. The molecule has 0 fully saturated rings. The van der Waals surface area contributed by atoms with Gasteiger partial charge in [-0.25, -0.2) is 9.97 Å². The van der Waals surface area contributed by atoms with Gasteiger partial charge in [0.25, 0.3) is 5.91 Å². The van der Waals surface area contributed by atoms with Crippen molar-refractivity contribution in [1.29, 1.82) is 0 Å². The number of nitrogens with zero attached hydrogens (tertiary/aromatic N) is 4. The van der Waals surface area contributed by atoms with Crippen molar-refractivity contribution in [1.82, 2.24) is 19.7 Å². The Bertz CT molecular complexity index is 1230. The van der Waals surface area contributed by atoms with Crippen LogP contribution in [0, 0.1) is 13.8 Å². The van der Waals surface area contributed by atoms with Gasteiger partial charge in [-0.05, 0) is 55.8 Å². The number of carbonyl (C=O) groups is 1. The van der Waals surface area contributed by atoms with E-state index in [1.54, 1.807) is 36.3 Å². The highest BCUT2D eigenvalue weighted by molar-refractivity contribution is 6.05. The molecule has 0 saturated heterocycles. The zero-order valence-electron chi connectivity index (χ0n) is 18.4. The van der Waals surface area contributed by atoms with Crippen LogP contribution in [0.15, 0.2) is 60.9 Å². The molecule has 2 aromatic heterocycles. The van der Waals surface area contributed by atoms with Crippen LogP contribution in [0.4, 0.5) is 17.3 Å².